The van der Waals surface area contributed by atoms with Gasteiger partial charge in [0.05, 0.1) is 18.1 Å². The van der Waals surface area contributed by atoms with Crippen molar-refractivity contribution in [1.82, 2.24) is 5.01 Å². The van der Waals surface area contributed by atoms with Crippen LogP contribution in [0.3, 0.4) is 0 Å². The van der Waals surface area contributed by atoms with Crippen molar-refractivity contribution >= 4 is 34.0 Å². The normalized spacial score (nSPS) is 35.3. The van der Waals surface area contributed by atoms with Crippen molar-refractivity contribution in [2.75, 3.05) is 6.61 Å². The van der Waals surface area contributed by atoms with Crippen LogP contribution < -0.4 is 4.74 Å². The van der Waals surface area contributed by atoms with E-state index in [1.54, 1.807) is 6.07 Å². The predicted molar refractivity (Wildman–Crippen MR) is 103 cm³/mol. The minimum Gasteiger partial charge on any atom is -0.480 e. The van der Waals surface area contributed by atoms with Gasteiger partial charge in [0.1, 0.15) is 12.4 Å². The molecule has 2 bridgehead atoms. The van der Waals surface area contributed by atoms with Crippen LogP contribution in [0.1, 0.15) is 12.0 Å². The summed E-state index contributed by atoms with van der Waals surface area (Å²) in [6, 6.07) is 5.42. The van der Waals surface area contributed by atoms with Gasteiger partial charge in [-0.3, -0.25) is 9.59 Å². The molecule has 4 aliphatic carbocycles. The van der Waals surface area contributed by atoms with Crippen LogP contribution in [0, 0.1) is 47.9 Å². The second-order valence-corrected chi connectivity index (χ2v) is 8.48. The average Bonchev–Trinajstić information content (AvgIpc) is 3.45. The third-order valence-electron chi connectivity index (χ3n) is 6.23. The Morgan fingerprint density at radius 2 is 1.89 bits per heavy atom. The van der Waals surface area contributed by atoms with Gasteiger partial charge in [-0.05, 0) is 48.3 Å². The number of benzene rings is 1. The summed E-state index contributed by atoms with van der Waals surface area (Å²) in [7, 11) is 0. The fraction of sp³-hybridized carbons (Fsp3) is 0.381. The van der Waals surface area contributed by atoms with Crippen molar-refractivity contribution in [3.8, 4) is 18.1 Å². The van der Waals surface area contributed by atoms with Crippen molar-refractivity contribution in [2.24, 2.45) is 40.6 Å². The van der Waals surface area contributed by atoms with E-state index in [4.69, 9.17) is 11.2 Å². The first-order valence-corrected chi connectivity index (χ1v) is 9.85. The van der Waals surface area contributed by atoms with E-state index in [1.165, 1.54) is 6.21 Å². The van der Waals surface area contributed by atoms with Crippen molar-refractivity contribution in [1.29, 1.82) is 0 Å². The molecule has 136 valence electrons. The Balaban J connectivity index is 1.43. The molecule has 6 heteroatoms. The van der Waals surface area contributed by atoms with Gasteiger partial charge >= 0.3 is 0 Å². The Morgan fingerprint density at radius 1 is 1.22 bits per heavy atom. The summed E-state index contributed by atoms with van der Waals surface area (Å²) in [5.74, 6) is 3.70. The molecule has 1 saturated heterocycles. The molecule has 27 heavy (non-hydrogen) atoms. The van der Waals surface area contributed by atoms with E-state index in [0.717, 1.165) is 15.9 Å². The maximum Gasteiger partial charge on any atom is 0.254 e. The molecule has 1 aliphatic heterocycles. The molecule has 0 radical (unpaired) electrons. The Kier molecular flexibility index (Phi) is 3.76. The molecule has 2 saturated carbocycles. The highest BCUT2D eigenvalue weighted by atomic mass is 79.9. The first-order valence-electron chi connectivity index (χ1n) is 9.06. The van der Waals surface area contributed by atoms with Crippen molar-refractivity contribution in [3.05, 3.63) is 40.4 Å². The summed E-state index contributed by atoms with van der Waals surface area (Å²) in [5.41, 5.74) is 0.652. The number of imide groups is 1. The molecule has 0 N–H and O–H groups in total. The smallest absolute Gasteiger partial charge is 0.254 e. The van der Waals surface area contributed by atoms with E-state index in [0.29, 0.717) is 23.1 Å². The molecule has 5 nitrogen and oxygen atoms in total. The maximum absolute atomic E-state index is 12.9. The predicted octanol–water partition coefficient (Wildman–Crippen LogP) is 2.85. The number of terminal acetylenes is 1. The van der Waals surface area contributed by atoms with Gasteiger partial charge in [0.15, 0.2) is 0 Å². The lowest BCUT2D eigenvalue weighted by Crippen LogP contribution is -2.40. The van der Waals surface area contributed by atoms with E-state index in [9.17, 15) is 9.59 Å². The van der Waals surface area contributed by atoms with Gasteiger partial charge in [-0.15, -0.1) is 6.42 Å². The number of nitrogens with zero attached hydrogens (tertiary/aromatic N) is 2. The molecule has 0 unspecified atom stereocenters. The molecule has 0 aromatic heterocycles. The molecule has 5 aliphatic rings. The fourth-order valence-corrected chi connectivity index (χ4v) is 5.42. The van der Waals surface area contributed by atoms with Crippen molar-refractivity contribution < 1.29 is 14.3 Å². The fourth-order valence-electron chi connectivity index (χ4n) is 5.05. The van der Waals surface area contributed by atoms with Crippen LogP contribution in [-0.2, 0) is 9.59 Å². The Hall–Kier alpha value is -2.39. The first kappa shape index (κ1) is 16.8. The monoisotopic (exact) mass is 424 g/mol. The number of hydrogen-bond donors (Lipinski definition) is 0. The van der Waals surface area contributed by atoms with E-state index in [2.05, 4.69) is 39.1 Å². The van der Waals surface area contributed by atoms with Gasteiger partial charge in [-0.2, -0.15) is 10.1 Å². The Labute approximate surface area is 165 Å². The zero-order chi connectivity index (χ0) is 18.7. The van der Waals surface area contributed by atoms with Crippen LogP contribution in [0.25, 0.3) is 0 Å². The number of carbonyl (C=O) groups is 2. The Bertz CT molecular complexity index is 911. The number of allylic oxidation sites excluding steroid dienone is 2. The van der Waals surface area contributed by atoms with Crippen LogP contribution in [0.15, 0.2) is 39.9 Å². The average molecular weight is 425 g/mol. The molecule has 1 heterocycles. The van der Waals surface area contributed by atoms with Gasteiger partial charge in [0.25, 0.3) is 11.8 Å². The number of ether oxygens (including phenoxy) is 1. The van der Waals surface area contributed by atoms with Gasteiger partial charge in [0, 0.05) is 10.0 Å². The third kappa shape index (κ3) is 2.49. The van der Waals surface area contributed by atoms with Crippen LogP contribution in [-0.4, -0.2) is 29.6 Å². The lowest BCUT2D eigenvalue weighted by Gasteiger charge is -2.37. The summed E-state index contributed by atoms with van der Waals surface area (Å²) < 4.78 is 6.36. The number of halogens is 1. The number of hydrogen-bond acceptors (Lipinski definition) is 4. The van der Waals surface area contributed by atoms with Crippen LogP contribution in [0.5, 0.6) is 5.75 Å². The summed E-state index contributed by atoms with van der Waals surface area (Å²) >= 11 is 3.41. The van der Waals surface area contributed by atoms with Crippen LogP contribution in [0.4, 0.5) is 0 Å². The maximum atomic E-state index is 12.9. The lowest BCUT2D eigenvalue weighted by molar-refractivity contribution is -0.140. The van der Waals surface area contributed by atoms with E-state index < -0.39 is 0 Å². The zero-order valence-electron chi connectivity index (χ0n) is 14.4. The molecule has 1 aromatic rings. The molecule has 2 amide bonds. The van der Waals surface area contributed by atoms with Gasteiger partial charge in [0.2, 0.25) is 0 Å². The Morgan fingerprint density at radius 3 is 2.52 bits per heavy atom. The number of hydrazone groups is 1. The highest BCUT2D eigenvalue weighted by Crippen LogP contribution is 2.65. The van der Waals surface area contributed by atoms with Gasteiger partial charge < -0.3 is 4.74 Å². The second-order valence-electron chi connectivity index (χ2n) is 7.56. The van der Waals surface area contributed by atoms with E-state index in [-0.39, 0.29) is 42.1 Å². The third-order valence-corrected chi connectivity index (χ3v) is 6.73. The van der Waals surface area contributed by atoms with Gasteiger partial charge in [-0.1, -0.05) is 34.0 Å². The lowest BCUT2D eigenvalue weighted by atomic mass is 9.63. The van der Waals surface area contributed by atoms with Gasteiger partial charge in [-0.25, -0.2) is 0 Å². The summed E-state index contributed by atoms with van der Waals surface area (Å²) in [6.07, 6.45) is 12.2. The minimum absolute atomic E-state index is 0.131. The first-order chi connectivity index (χ1) is 13.1. The number of amides is 2. The summed E-state index contributed by atoms with van der Waals surface area (Å²) in [6.45, 7) is 0.131. The number of rotatable bonds is 4. The topological polar surface area (TPSA) is 59.0 Å². The zero-order valence-corrected chi connectivity index (χ0v) is 16.0. The highest BCUT2D eigenvalue weighted by Gasteiger charge is 2.67. The highest BCUT2D eigenvalue weighted by molar-refractivity contribution is 9.10. The summed E-state index contributed by atoms with van der Waals surface area (Å²) in [5, 5.41) is 5.32. The standard InChI is InChI=1S/C21H17BrN2O3/c1-2-7-27-17-6-3-12(22)8-11(17)10-23-24-20(25)18-13-4-5-14(16-9-15(13)16)19(18)21(24)26/h1,3-6,8,10,13-16,18-19H,7,9H2/b23-10-/t13-,14-,15-,16-,18+,19+/m0/s1. The molecule has 6 atom stereocenters. The molecule has 3 fully saturated rings. The molecule has 1 aromatic carbocycles. The minimum atomic E-state index is -0.243. The molecular weight excluding hydrogens is 408 g/mol. The second kappa shape index (κ2) is 6.07. The van der Waals surface area contributed by atoms with E-state index in [1.807, 2.05) is 12.1 Å². The number of carbonyl (C=O) groups excluding carboxylic acids is 2. The van der Waals surface area contributed by atoms with Crippen molar-refractivity contribution in [3.63, 3.8) is 0 Å². The molecule has 6 rings (SSSR count). The van der Waals surface area contributed by atoms with Crippen molar-refractivity contribution in [2.45, 2.75) is 6.42 Å². The van der Waals surface area contributed by atoms with Crippen LogP contribution >= 0.6 is 15.9 Å². The summed E-state index contributed by atoms with van der Waals surface area (Å²) in [4.78, 5) is 25.9. The largest absolute Gasteiger partial charge is 0.480 e. The quantitative estimate of drug-likeness (QED) is 0.323. The SMILES string of the molecule is C#CCOc1ccc(Br)cc1/C=N\N1C(=O)[C@@H]2[C@H]3C=C[C@@H]([C@@H]4C[C@@H]34)[C@H]2C1=O. The van der Waals surface area contributed by atoms with E-state index >= 15 is 0 Å². The molecular formula is C21H17BrN2O3. The van der Waals surface area contributed by atoms with Crippen LogP contribution in [0.2, 0.25) is 0 Å². The molecule has 0 spiro atoms.